The van der Waals surface area contributed by atoms with Gasteiger partial charge in [0.1, 0.15) is 12.8 Å². The van der Waals surface area contributed by atoms with Crippen molar-refractivity contribution in [3.05, 3.63) is 28.4 Å². The number of hydrogen-bond acceptors (Lipinski definition) is 5. The summed E-state index contributed by atoms with van der Waals surface area (Å²) < 4.78 is 11.6. The molecule has 0 fully saturated rings. The Hall–Kier alpha value is -2.24. The molecule has 0 saturated heterocycles. The molecule has 1 aliphatic heterocycles. The van der Waals surface area contributed by atoms with Crippen molar-refractivity contribution in [3.63, 3.8) is 0 Å². The summed E-state index contributed by atoms with van der Waals surface area (Å²) in [6.45, 7) is 0. The minimum atomic E-state index is -0.126. The first-order chi connectivity index (χ1) is 8.21. The first-order valence-electron chi connectivity index (χ1n) is 4.90. The van der Waals surface area contributed by atoms with Crippen LogP contribution in [0, 0.1) is 0 Å². The molecule has 0 saturated carbocycles. The van der Waals surface area contributed by atoms with Crippen LogP contribution in [0.25, 0.3) is 11.3 Å². The zero-order chi connectivity index (χ0) is 12.4. The Balaban J connectivity index is 2.85. The molecule has 2 aliphatic rings. The Labute approximate surface area is 97.7 Å². The number of methoxy groups -OCH3 is 2. The largest absolute Gasteiger partial charge is 0.480 e. The molecule has 1 aliphatic carbocycles. The van der Waals surface area contributed by atoms with E-state index in [2.05, 4.69) is 4.98 Å². The standard InChI is InChI=1S/C11H12N2O4/c1-15-10-8-5-4-7(14)6-9(8)13(17-3)11(12-10)16-2/h4-6H,1-3H3. The number of hydrogen-bond donors (Lipinski definition) is 0. The molecule has 1 heterocycles. The van der Waals surface area contributed by atoms with Crippen molar-refractivity contribution in [2.75, 3.05) is 21.3 Å². The molecule has 0 unspecified atom stereocenters. The maximum Gasteiger partial charge on any atom is 0.333 e. The topological polar surface area (TPSA) is 62.6 Å². The van der Waals surface area contributed by atoms with E-state index in [4.69, 9.17) is 14.3 Å². The Morgan fingerprint density at radius 2 is 1.94 bits per heavy atom. The number of benzene rings is 1. The second kappa shape index (κ2) is 4.32. The van der Waals surface area contributed by atoms with Gasteiger partial charge in [0.15, 0.2) is 5.43 Å². The highest BCUT2D eigenvalue weighted by Crippen LogP contribution is 2.31. The minimum absolute atomic E-state index is 0.126. The van der Waals surface area contributed by atoms with E-state index in [1.54, 1.807) is 6.07 Å². The van der Waals surface area contributed by atoms with Gasteiger partial charge in [-0.1, -0.05) is 0 Å². The van der Waals surface area contributed by atoms with Crippen molar-refractivity contribution in [1.29, 1.82) is 0 Å². The van der Waals surface area contributed by atoms with Crippen LogP contribution in [-0.4, -0.2) is 31.0 Å². The fourth-order valence-corrected chi connectivity index (χ4v) is 1.62. The lowest BCUT2D eigenvalue weighted by molar-refractivity contribution is 0.132. The molecule has 0 spiro atoms. The van der Waals surface area contributed by atoms with E-state index in [9.17, 15) is 4.79 Å². The number of fused-ring (bicyclic) bond motifs is 1. The van der Waals surface area contributed by atoms with Gasteiger partial charge in [-0.25, -0.2) is 0 Å². The van der Waals surface area contributed by atoms with Gasteiger partial charge in [0.25, 0.3) is 0 Å². The van der Waals surface area contributed by atoms with E-state index >= 15 is 0 Å². The molecule has 17 heavy (non-hydrogen) atoms. The predicted molar refractivity (Wildman–Crippen MR) is 60.7 cm³/mol. The van der Waals surface area contributed by atoms with Crippen LogP contribution in [0.2, 0.25) is 0 Å². The monoisotopic (exact) mass is 236 g/mol. The molecular weight excluding hydrogens is 224 g/mol. The molecule has 6 nitrogen and oxygen atoms in total. The van der Waals surface area contributed by atoms with Gasteiger partial charge in [-0.05, 0) is 12.1 Å². The quantitative estimate of drug-likeness (QED) is 0.773. The number of nitrogens with zero attached hydrogens (tertiary/aromatic N) is 2. The van der Waals surface area contributed by atoms with Crippen molar-refractivity contribution in [2.45, 2.75) is 0 Å². The molecule has 0 aromatic carbocycles. The van der Waals surface area contributed by atoms with Crippen LogP contribution in [0.1, 0.15) is 0 Å². The van der Waals surface area contributed by atoms with Gasteiger partial charge in [0.2, 0.25) is 5.88 Å². The predicted octanol–water partition coefficient (Wildman–Crippen LogP) is 0.424. The van der Waals surface area contributed by atoms with E-state index < -0.39 is 0 Å². The van der Waals surface area contributed by atoms with Gasteiger partial charge in [-0.15, -0.1) is 4.73 Å². The number of aromatic nitrogens is 2. The lowest BCUT2D eigenvalue weighted by Gasteiger charge is -2.18. The Bertz CT molecular complexity index is 564. The van der Waals surface area contributed by atoms with Crippen LogP contribution in [-0.2, 0) is 0 Å². The summed E-state index contributed by atoms with van der Waals surface area (Å²) >= 11 is 0. The van der Waals surface area contributed by atoms with Gasteiger partial charge in [-0.2, -0.15) is 4.98 Å². The summed E-state index contributed by atoms with van der Waals surface area (Å²) in [6.07, 6.45) is 0. The smallest absolute Gasteiger partial charge is 0.333 e. The van der Waals surface area contributed by atoms with Crippen LogP contribution in [0.15, 0.2) is 23.0 Å². The van der Waals surface area contributed by atoms with E-state index in [-0.39, 0.29) is 11.4 Å². The molecule has 0 aromatic rings. The zero-order valence-electron chi connectivity index (χ0n) is 9.76. The molecule has 0 atom stereocenters. The second-order valence-corrected chi connectivity index (χ2v) is 3.26. The fourth-order valence-electron chi connectivity index (χ4n) is 1.62. The summed E-state index contributed by atoms with van der Waals surface area (Å²) in [6, 6.07) is 4.73. The van der Waals surface area contributed by atoms with Gasteiger partial charge < -0.3 is 14.3 Å². The SMILES string of the molecule is COc1nc(OC)n(OC)c2cc(=O)ccc1-2. The number of ether oxygens (including phenoxy) is 2. The van der Waals surface area contributed by atoms with Crippen molar-refractivity contribution in [2.24, 2.45) is 0 Å². The average molecular weight is 236 g/mol. The van der Waals surface area contributed by atoms with Gasteiger partial charge in [0.05, 0.1) is 19.8 Å². The molecule has 90 valence electrons. The van der Waals surface area contributed by atoms with Crippen molar-refractivity contribution in [3.8, 4) is 23.1 Å². The first kappa shape index (κ1) is 11.3. The van der Waals surface area contributed by atoms with Crippen molar-refractivity contribution < 1.29 is 14.3 Å². The Kier molecular flexibility index (Phi) is 2.86. The molecule has 0 aromatic heterocycles. The van der Waals surface area contributed by atoms with Crippen LogP contribution >= 0.6 is 0 Å². The maximum absolute atomic E-state index is 11.4. The van der Waals surface area contributed by atoms with E-state index in [1.165, 1.54) is 38.2 Å². The third-order valence-corrected chi connectivity index (χ3v) is 2.35. The highest BCUT2D eigenvalue weighted by Gasteiger charge is 2.19. The average Bonchev–Trinajstić information content (AvgIpc) is 2.36. The summed E-state index contributed by atoms with van der Waals surface area (Å²) in [4.78, 5) is 20.6. The molecule has 0 N–H and O–H groups in total. The number of rotatable bonds is 3. The zero-order valence-corrected chi connectivity index (χ0v) is 9.76. The Morgan fingerprint density at radius 1 is 1.18 bits per heavy atom. The molecule has 0 amide bonds. The molecule has 2 rings (SSSR count). The molecule has 0 bridgehead atoms. The molecule has 0 radical (unpaired) electrons. The Morgan fingerprint density at radius 3 is 2.53 bits per heavy atom. The normalized spacial score (nSPS) is 10.3. The summed E-state index contributed by atoms with van der Waals surface area (Å²) in [7, 11) is 4.43. The maximum atomic E-state index is 11.4. The van der Waals surface area contributed by atoms with Gasteiger partial charge in [-0.3, -0.25) is 4.79 Å². The first-order valence-corrected chi connectivity index (χ1v) is 4.90. The van der Waals surface area contributed by atoms with Crippen molar-refractivity contribution >= 4 is 0 Å². The minimum Gasteiger partial charge on any atom is -0.480 e. The van der Waals surface area contributed by atoms with Crippen LogP contribution in [0.3, 0.4) is 0 Å². The van der Waals surface area contributed by atoms with Gasteiger partial charge in [0, 0.05) is 6.07 Å². The third kappa shape index (κ3) is 1.77. The molecule has 6 heteroatoms. The summed E-state index contributed by atoms with van der Waals surface area (Å²) in [5.74, 6) is 0.380. The summed E-state index contributed by atoms with van der Waals surface area (Å²) in [5, 5.41) is 0. The van der Waals surface area contributed by atoms with Crippen LogP contribution < -0.4 is 19.7 Å². The lowest BCUT2D eigenvalue weighted by Crippen LogP contribution is -2.17. The van der Waals surface area contributed by atoms with Crippen LogP contribution in [0.4, 0.5) is 0 Å². The third-order valence-electron chi connectivity index (χ3n) is 2.35. The fraction of sp³-hybridized carbons (Fsp3) is 0.273. The highest BCUT2D eigenvalue weighted by atomic mass is 16.7. The molecular formula is C11H12N2O4. The van der Waals surface area contributed by atoms with Gasteiger partial charge >= 0.3 is 6.01 Å². The highest BCUT2D eigenvalue weighted by molar-refractivity contribution is 5.67. The lowest BCUT2D eigenvalue weighted by atomic mass is 10.1. The van der Waals surface area contributed by atoms with Crippen molar-refractivity contribution in [1.82, 2.24) is 9.71 Å². The van der Waals surface area contributed by atoms with E-state index in [0.29, 0.717) is 17.1 Å². The second-order valence-electron chi connectivity index (χ2n) is 3.26. The van der Waals surface area contributed by atoms with E-state index in [0.717, 1.165) is 0 Å². The van der Waals surface area contributed by atoms with Crippen LogP contribution in [0.5, 0.6) is 11.9 Å². The van der Waals surface area contributed by atoms with E-state index in [1.807, 2.05) is 0 Å². The summed E-state index contributed by atoms with van der Waals surface area (Å²) in [5.41, 5.74) is 1.09.